The standard InChI is InChI=1S/C26H27F3N6O/c1-15(2)35-16(3)12-19-22(28)21(13-20(27)24(19)35)36-26-23(29)25(31-14-32-26)33-17-4-6-18(7-5-17)34-10-8-30-9-11-34/h4-7,12-15,30H,8-11H2,1-3H3,(H,31,32,33). The zero-order chi connectivity index (χ0) is 25.4. The summed E-state index contributed by atoms with van der Waals surface area (Å²) in [6, 6.07) is 9.94. The monoisotopic (exact) mass is 496 g/mol. The maximum Gasteiger partial charge on any atom is 0.261 e. The molecular weight excluding hydrogens is 469 g/mol. The van der Waals surface area contributed by atoms with E-state index >= 15 is 8.78 Å². The van der Waals surface area contributed by atoms with Crippen molar-refractivity contribution in [3.63, 3.8) is 0 Å². The number of rotatable bonds is 6. The number of fused-ring (bicyclic) bond motifs is 1. The van der Waals surface area contributed by atoms with Crippen LogP contribution in [0, 0.1) is 24.4 Å². The van der Waals surface area contributed by atoms with Crippen molar-refractivity contribution in [1.29, 1.82) is 0 Å². The van der Waals surface area contributed by atoms with Crippen LogP contribution in [-0.2, 0) is 0 Å². The third-order valence-corrected chi connectivity index (χ3v) is 6.26. The van der Waals surface area contributed by atoms with E-state index in [0.29, 0.717) is 11.4 Å². The first-order valence-electron chi connectivity index (χ1n) is 11.8. The second-order valence-corrected chi connectivity index (χ2v) is 9.03. The van der Waals surface area contributed by atoms with Gasteiger partial charge in [-0.15, -0.1) is 0 Å². The van der Waals surface area contributed by atoms with Crippen LogP contribution in [0.5, 0.6) is 11.6 Å². The fourth-order valence-corrected chi connectivity index (χ4v) is 4.61. The van der Waals surface area contributed by atoms with Crippen molar-refractivity contribution in [3.8, 4) is 11.6 Å². The van der Waals surface area contributed by atoms with E-state index in [1.807, 2.05) is 38.1 Å². The highest BCUT2D eigenvalue weighted by Gasteiger charge is 2.22. The highest BCUT2D eigenvalue weighted by molar-refractivity contribution is 5.84. The minimum atomic E-state index is -0.917. The second kappa shape index (κ2) is 9.69. The smallest absolute Gasteiger partial charge is 0.261 e. The lowest BCUT2D eigenvalue weighted by atomic mass is 10.2. The Kier molecular flexibility index (Phi) is 6.44. The Morgan fingerprint density at radius 2 is 1.72 bits per heavy atom. The van der Waals surface area contributed by atoms with E-state index in [1.165, 1.54) is 0 Å². The largest absolute Gasteiger partial charge is 0.433 e. The highest BCUT2D eigenvalue weighted by atomic mass is 19.1. The summed E-state index contributed by atoms with van der Waals surface area (Å²) in [6.45, 7) is 9.23. The van der Waals surface area contributed by atoms with Crippen LogP contribution >= 0.6 is 0 Å². The predicted octanol–water partition coefficient (Wildman–Crippen LogP) is 5.68. The number of nitrogens with one attached hydrogen (secondary N) is 2. The summed E-state index contributed by atoms with van der Waals surface area (Å²) < 4.78 is 52.6. The van der Waals surface area contributed by atoms with E-state index in [1.54, 1.807) is 17.6 Å². The third kappa shape index (κ3) is 4.44. The predicted molar refractivity (Wildman–Crippen MR) is 134 cm³/mol. The first-order valence-corrected chi connectivity index (χ1v) is 11.8. The molecular formula is C26H27F3N6O. The van der Waals surface area contributed by atoms with Crippen molar-refractivity contribution in [3.05, 3.63) is 65.9 Å². The molecule has 1 aliphatic rings. The second-order valence-electron chi connectivity index (χ2n) is 9.03. The van der Waals surface area contributed by atoms with Crippen molar-refractivity contribution in [2.45, 2.75) is 26.8 Å². The molecule has 0 atom stereocenters. The van der Waals surface area contributed by atoms with Crippen LogP contribution in [0.4, 0.5) is 30.4 Å². The molecule has 0 radical (unpaired) electrons. The molecule has 0 bridgehead atoms. The summed E-state index contributed by atoms with van der Waals surface area (Å²) in [7, 11) is 0. The molecule has 0 spiro atoms. The van der Waals surface area contributed by atoms with Gasteiger partial charge in [0.2, 0.25) is 5.82 Å². The Labute approximate surface area is 206 Å². The molecule has 10 heteroatoms. The molecule has 4 aromatic rings. The highest BCUT2D eigenvalue weighted by Crippen LogP contribution is 2.36. The summed E-state index contributed by atoms with van der Waals surface area (Å²) in [5.74, 6) is -3.48. The average molecular weight is 497 g/mol. The molecule has 0 saturated carbocycles. The molecule has 1 fully saturated rings. The summed E-state index contributed by atoms with van der Waals surface area (Å²) >= 11 is 0. The van der Waals surface area contributed by atoms with E-state index in [2.05, 4.69) is 25.5 Å². The molecule has 2 aromatic heterocycles. The van der Waals surface area contributed by atoms with Crippen LogP contribution in [-0.4, -0.2) is 40.7 Å². The Bertz CT molecular complexity index is 1400. The van der Waals surface area contributed by atoms with Gasteiger partial charge in [-0.3, -0.25) is 0 Å². The van der Waals surface area contributed by atoms with Crippen LogP contribution in [0.3, 0.4) is 0 Å². The van der Waals surface area contributed by atoms with Gasteiger partial charge in [0.05, 0.1) is 5.52 Å². The number of halogens is 3. The lowest BCUT2D eigenvalue weighted by Crippen LogP contribution is -2.43. The lowest BCUT2D eigenvalue weighted by molar-refractivity contribution is 0.396. The van der Waals surface area contributed by atoms with Crippen molar-refractivity contribution < 1.29 is 17.9 Å². The van der Waals surface area contributed by atoms with E-state index < -0.39 is 29.1 Å². The molecule has 0 aliphatic carbocycles. The molecule has 2 N–H and O–H groups in total. The first-order chi connectivity index (χ1) is 17.3. The minimum absolute atomic E-state index is 0.0635. The maximum absolute atomic E-state index is 15.3. The van der Waals surface area contributed by atoms with Crippen LogP contribution in [0.15, 0.2) is 42.7 Å². The van der Waals surface area contributed by atoms with E-state index in [0.717, 1.165) is 44.3 Å². The van der Waals surface area contributed by atoms with E-state index in [-0.39, 0.29) is 22.8 Å². The lowest BCUT2D eigenvalue weighted by Gasteiger charge is -2.29. The number of hydrogen-bond donors (Lipinski definition) is 2. The average Bonchev–Trinajstić information content (AvgIpc) is 3.24. The molecule has 2 aromatic carbocycles. The van der Waals surface area contributed by atoms with Gasteiger partial charge >= 0.3 is 0 Å². The van der Waals surface area contributed by atoms with Crippen molar-refractivity contribution in [2.75, 3.05) is 36.4 Å². The molecule has 1 saturated heterocycles. The van der Waals surface area contributed by atoms with Gasteiger partial charge in [0, 0.05) is 60.7 Å². The van der Waals surface area contributed by atoms with Gasteiger partial charge in [0.15, 0.2) is 23.2 Å². The van der Waals surface area contributed by atoms with Gasteiger partial charge in [-0.1, -0.05) is 0 Å². The third-order valence-electron chi connectivity index (χ3n) is 6.26. The molecule has 0 amide bonds. The summed E-state index contributed by atoms with van der Waals surface area (Å²) in [5.41, 5.74) is 2.53. The number of ether oxygens (including phenoxy) is 1. The van der Waals surface area contributed by atoms with Gasteiger partial charge < -0.3 is 24.8 Å². The SMILES string of the molecule is Cc1cc2c(F)c(Oc3ncnc(Nc4ccc(N5CCNCC5)cc4)c3F)cc(F)c2n1C(C)C. The number of aryl methyl sites for hydroxylation is 1. The molecule has 36 heavy (non-hydrogen) atoms. The molecule has 1 aliphatic heterocycles. The zero-order valence-electron chi connectivity index (χ0n) is 20.3. The van der Waals surface area contributed by atoms with Crippen LogP contribution in [0.1, 0.15) is 25.6 Å². The number of piperazine rings is 1. The number of aromatic nitrogens is 3. The first kappa shape index (κ1) is 23.9. The number of benzene rings is 2. The zero-order valence-corrected chi connectivity index (χ0v) is 20.3. The normalized spacial score (nSPS) is 14.0. The van der Waals surface area contributed by atoms with Gasteiger partial charge in [0.25, 0.3) is 5.88 Å². The van der Waals surface area contributed by atoms with Crippen LogP contribution in [0.25, 0.3) is 10.9 Å². The topological polar surface area (TPSA) is 67.2 Å². The van der Waals surface area contributed by atoms with E-state index in [9.17, 15) is 4.39 Å². The van der Waals surface area contributed by atoms with E-state index in [4.69, 9.17) is 4.74 Å². The van der Waals surface area contributed by atoms with Crippen molar-refractivity contribution >= 4 is 28.1 Å². The van der Waals surface area contributed by atoms with Gasteiger partial charge in [-0.25, -0.2) is 13.8 Å². The van der Waals surface area contributed by atoms with Crippen molar-refractivity contribution in [1.82, 2.24) is 19.9 Å². The fourth-order valence-electron chi connectivity index (χ4n) is 4.61. The maximum atomic E-state index is 15.3. The summed E-state index contributed by atoms with van der Waals surface area (Å²) in [4.78, 5) is 10.0. The molecule has 7 nitrogen and oxygen atoms in total. The van der Waals surface area contributed by atoms with Gasteiger partial charge in [-0.2, -0.15) is 9.37 Å². The summed E-state index contributed by atoms with van der Waals surface area (Å²) in [6.07, 6.45) is 1.10. The molecule has 5 rings (SSSR count). The Morgan fingerprint density at radius 1 is 1.00 bits per heavy atom. The van der Waals surface area contributed by atoms with Gasteiger partial charge in [0.1, 0.15) is 6.33 Å². The van der Waals surface area contributed by atoms with Gasteiger partial charge in [-0.05, 0) is 51.1 Å². The minimum Gasteiger partial charge on any atom is -0.433 e. The Hall–Kier alpha value is -3.79. The van der Waals surface area contributed by atoms with Crippen molar-refractivity contribution in [2.24, 2.45) is 0 Å². The fraction of sp³-hybridized carbons (Fsp3) is 0.308. The Morgan fingerprint density at radius 3 is 2.42 bits per heavy atom. The van der Waals surface area contributed by atoms with Crippen LogP contribution in [0.2, 0.25) is 0 Å². The number of anilines is 3. The quantitative estimate of drug-likeness (QED) is 0.358. The molecule has 0 unspecified atom stereocenters. The summed E-state index contributed by atoms with van der Waals surface area (Å²) in [5, 5.41) is 6.28. The Balaban J connectivity index is 1.40. The molecule has 3 heterocycles. The van der Waals surface area contributed by atoms with Crippen LogP contribution < -0.4 is 20.3 Å². The molecule has 188 valence electrons. The number of nitrogens with zero attached hydrogens (tertiary/aromatic N) is 4. The number of hydrogen-bond acceptors (Lipinski definition) is 6.